The van der Waals surface area contributed by atoms with Crippen LogP contribution in [0.1, 0.15) is 0 Å². The van der Waals surface area contributed by atoms with Crippen molar-refractivity contribution in [1.82, 2.24) is 10.2 Å². The first-order valence-electron chi connectivity index (χ1n) is 5.02. The number of phenols is 1. The van der Waals surface area contributed by atoms with Crippen LogP contribution in [0, 0.1) is 0 Å². The van der Waals surface area contributed by atoms with Crippen LogP contribution in [0.5, 0.6) is 17.2 Å². The third kappa shape index (κ3) is 1.86. The summed E-state index contributed by atoms with van der Waals surface area (Å²) in [7, 11) is 3.01. The molecule has 2 rings (SSSR count). The fourth-order valence-electron chi connectivity index (χ4n) is 1.66. The molecule has 4 N–H and O–H groups in total. The minimum absolute atomic E-state index is 0.0146. The summed E-state index contributed by atoms with van der Waals surface area (Å²) in [4.78, 5) is 0. The Hall–Kier alpha value is -1.89. The number of hydrogen-bond donors (Lipinski definition) is 3. The lowest BCUT2D eigenvalue weighted by molar-refractivity contribution is 0.349. The molecule has 0 atom stereocenters. The second kappa shape index (κ2) is 4.77. The molecule has 1 heterocycles. The maximum Gasteiger partial charge on any atom is 0.178 e. The predicted molar refractivity (Wildman–Crippen MR) is 70.9 cm³/mol. The smallest absolute Gasteiger partial charge is 0.178 e. The molecule has 0 spiro atoms. The standard InChI is InChI=1S/C11H12BrN3O3/c1-17-7-3-5(6-4-14-15-11(6)13)9(16)8(12)10(7)18-2/h3-4,16H,1-2H3,(H3,13,14,15). The Morgan fingerprint density at radius 1 is 1.33 bits per heavy atom. The van der Waals surface area contributed by atoms with E-state index in [0.717, 1.165) is 0 Å². The highest BCUT2D eigenvalue weighted by Gasteiger charge is 2.20. The zero-order valence-electron chi connectivity index (χ0n) is 9.82. The number of aromatic amines is 1. The van der Waals surface area contributed by atoms with Gasteiger partial charge in [0.1, 0.15) is 16.0 Å². The molecule has 0 aliphatic rings. The van der Waals surface area contributed by atoms with E-state index in [1.807, 2.05) is 0 Å². The number of halogens is 1. The zero-order chi connectivity index (χ0) is 13.3. The first-order chi connectivity index (χ1) is 8.60. The molecule has 2 aromatic rings. The largest absolute Gasteiger partial charge is 0.506 e. The molecule has 0 unspecified atom stereocenters. The molecule has 0 radical (unpaired) electrons. The highest BCUT2D eigenvalue weighted by molar-refractivity contribution is 9.10. The quantitative estimate of drug-likeness (QED) is 0.807. The van der Waals surface area contributed by atoms with Gasteiger partial charge >= 0.3 is 0 Å². The monoisotopic (exact) mass is 313 g/mol. The fourth-order valence-corrected chi connectivity index (χ4v) is 2.23. The molecule has 1 aromatic heterocycles. The predicted octanol–water partition coefficient (Wildman–Crippen LogP) is 2.14. The third-order valence-corrected chi connectivity index (χ3v) is 3.28. The van der Waals surface area contributed by atoms with Crippen molar-refractivity contribution >= 4 is 21.7 Å². The summed E-state index contributed by atoms with van der Waals surface area (Å²) in [5.74, 6) is 1.28. The topological polar surface area (TPSA) is 93.4 Å². The second-order valence-electron chi connectivity index (χ2n) is 3.52. The van der Waals surface area contributed by atoms with E-state index in [2.05, 4.69) is 26.1 Å². The van der Waals surface area contributed by atoms with Gasteiger partial charge in [-0.1, -0.05) is 0 Å². The summed E-state index contributed by atoms with van der Waals surface area (Å²) in [5.41, 5.74) is 6.83. The zero-order valence-corrected chi connectivity index (χ0v) is 11.4. The van der Waals surface area contributed by atoms with E-state index in [1.165, 1.54) is 20.4 Å². The van der Waals surface area contributed by atoms with Gasteiger partial charge in [-0.2, -0.15) is 5.10 Å². The molecule has 0 amide bonds. The second-order valence-corrected chi connectivity index (χ2v) is 4.31. The maximum atomic E-state index is 10.1. The van der Waals surface area contributed by atoms with E-state index in [0.29, 0.717) is 32.9 Å². The van der Waals surface area contributed by atoms with E-state index >= 15 is 0 Å². The number of anilines is 1. The number of aromatic nitrogens is 2. The molecule has 96 valence electrons. The van der Waals surface area contributed by atoms with Crippen molar-refractivity contribution in [2.45, 2.75) is 0 Å². The van der Waals surface area contributed by atoms with Gasteiger partial charge in [0.05, 0.1) is 20.4 Å². The number of phenolic OH excluding ortho intramolecular Hbond substituents is 1. The highest BCUT2D eigenvalue weighted by atomic mass is 79.9. The van der Waals surface area contributed by atoms with Crippen LogP contribution >= 0.6 is 15.9 Å². The summed E-state index contributed by atoms with van der Waals surface area (Å²) in [5, 5.41) is 16.6. The van der Waals surface area contributed by atoms with Crippen molar-refractivity contribution in [3.05, 3.63) is 16.7 Å². The first-order valence-corrected chi connectivity index (χ1v) is 5.82. The van der Waals surface area contributed by atoms with Gasteiger partial charge in [-0.3, -0.25) is 5.10 Å². The van der Waals surface area contributed by atoms with Crippen LogP contribution < -0.4 is 15.2 Å². The first kappa shape index (κ1) is 12.6. The van der Waals surface area contributed by atoms with Gasteiger partial charge in [0.15, 0.2) is 11.5 Å². The SMILES string of the molecule is COc1cc(-c2cn[nH]c2N)c(O)c(Br)c1OC. The molecule has 1 aromatic carbocycles. The van der Waals surface area contributed by atoms with Gasteiger partial charge in [-0.25, -0.2) is 0 Å². The van der Waals surface area contributed by atoms with Crippen LogP contribution in [-0.4, -0.2) is 29.5 Å². The van der Waals surface area contributed by atoms with E-state index in [1.54, 1.807) is 6.07 Å². The van der Waals surface area contributed by atoms with Crippen molar-refractivity contribution in [2.75, 3.05) is 20.0 Å². The number of rotatable bonds is 3. The molecule has 0 saturated carbocycles. The molecule has 7 heteroatoms. The number of nitrogens with zero attached hydrogens (tertiary/aromatic N) is 1. The molecular formula is C11H12BrN3O3. The van der Waals surface area contributed by atoms with Gasteiger partial charge in [-0.05, 0) is 22.0 Å². The highest BCUT2D eigenvalue weighted by Crippen LogP contribution is 2.47. The number of nitrogens with one attached hydrogen (secondary N) is 1. The van der Waals surface area contributed by atoms with Crippen molar-refractivity contribution in [3.8, 4) is 28.4 Å². The third-order valence-electron chi connectivity index (χ3n) is 2.54. The van der Waals surface area contributed by atoms with Gasteiger partial charge in [0, 0.05) is 11.1 Å². The summed E-state index contributed by atoms with van der Waals surface area (Å²) in [6, 6.07) is 1.64. The average molecular weight is 314 g/mol. The maximum absolute atomic E-state index is 10.1. The molecule has 0 aliphatic heterocycles. The summed E-state index contributed by atoms with van der Waals surface area (Å²) >= 11 is 3.27. The van der Waals surface area contributed by atoms with Crippen molar-refractivity contribution in [2.24, 2.45) is 0 Å². The minimum atomic E-state index is 0.0146. The molecule has 0 saturated heterocycles. The van der Waals surface area contributed by atoms with Gasteiger partial charge in [-0.15, -0.1) is 0 Å². The molecule has 6 nitrogen and oxygen atoms in total. The van der Waals surface area contributed by atoms with Crippen LogP contribution in [0.4, 0.5) is 5.82 Å². The Morgan fingerprint density at radius 2 is 2.06 bits per heavy atom. The van der Waals surface area contributed by atoms with Crippen molar-refractivity contribution in [3.63, 3.8) is 0 Å². The van der Waals surface area contributed by atoms with Crippen LogP contribution in [0.2, 0.25) is 0 Å². The lowest BCUT2D eigenvalue weighted by Gasteiger charge is -2.13. The molecular weight excluding hydrogens is 302 g/mol. The lowest BCUT2D eigenvalue weighted by atomic mass is 10.1. The van der Waals surface area contributed by atoms with Crippen LogP contribution in [0.25, 0.3) is 11.1 Å². The van der Waals surface area contributed by atoms with E-state index in [4.69, 9.17) is 15.2 Å². The summed E-state index contributed by atoms with van der Waals surface area (Å²) < 4.78 is 10.8. The number of nitrogen functional groups attached to an aromatic ring is 1. The van der Waals surface area contributed by atoms with E-state index < -0.39 is 0 Å². The number of benzene rings is 1. The fraction of sp³-hybridized carbons (Fsp3) is 0.182. The number of hydrogen-bond acceptors (Lipinski definition) is 5. The number of nitrogens with two attached hydrogens (primary N) is 1. The van der Waals surface area contributed by atoms with Crippen molar-refractivity contribution in [1.29, 1.82) is 0 Å². The van der Waals surface area contributed by atoms with Gasteiger partial charge < -0.3 is 20.3 Å². The van der Waals surface area contributed by atoms with E-state index in [9.17, 15) is 5.11 Å². The van der Waals surface area contributed by atoms with E-state index in [-0.39, 0.29) is 5.75 Å². The summed E-state index contributed by atoms with van der Waals surface area (Å²) in [6.45, 7) is 0. The Morgan fingerprint density at radius 3 is 2.56 bits per heavy atom. The average Bonchev–Trinajstić information content (AvgIpc) is 2.78. The van der Waals surface area contributed by atoms with Crippen molar-refractivity contribution < 1.29 is 14.6 Å². The number of ether oxygens (including phenoxy) is 2. The molecule has 0 aliphatic carbocycles. The number of methoxy groups -OCH3 is 2. The Kier molecular flexibility index (Phi) is 3.33. The van der Waals surface area contributed by atoms with Gasteiger partial charge in [0.2, 0.25) is 0 Å². The minimum Gasteiger partial charge on any atom is -0.506 e. The Labute approximate surface area is 112 Å². The van der Waals surface area contributed by atoms with Crippen LogP contribution in [0.3, 0.4) is 0 Å². The van der Waals surface area contributed by atoms with Gasteiger partial charge in [0.25, 0.3) is 0 Å². The van der Waals surface area contributed by atoms with Crippen LogP contribution in [-0.2, 0) is 0 Å². The number of H-pyrrole nitrogens is 1. The molecule has 0 fully saturated rings. The number of aromatic hydroxyl groups is 1. The normalized spacial score (nSPS) is 10.4. The van der Waals surface area contributed by atoms with Crippen LogP contribution in [0.15, 0.2) is 16.7 Å². The lowest BCUT2D eigenvalue weighted by Crippen LogP contribution is -1.94. The summed E-state index contributed by atoms with van der Waals surface area (Å²) in [6.07, 6.45) is 1.53. The molecule has 0 bridgehead atoms. The Balaban J connectivity index is 2.70. The Bertz CT molecular complexity index is 583. The molecule has 18 heavy (non-hydrogen) atoms.